The van der Waals surface area contributed by atoms with Crippen molar-refractivity contribution in [3.05, 3.63) is 28.2 Å². The molecule has 2 aliphatic rings. The summed E-state index contributed by atoms with van der Waals surface area (Å²) in [7, 11) is 0. The maximum absolute atomic E-state index is 5.85. The Morgan fingerprint density at radius 1 is 1.33 bits per heavy atom. The molecule has 2 saturated heterocycles. The molecule has 18 heavy (non-hydrogen) atoms. The largest absolute Gasteiger partial charge is 0.389 e. The molecule has 0 radical (unpaired) electrons. The first-order valence-electron chi connectivity index (χ1n) is 6.13. The molecule has 1 aromatic carbocycles. The first-order valence-corrected chi connectivity index (χ1v) is 7.33. The zero-order chi connectivity index (χ0) is 12.7. The van der Waals surface area contributed by atoms with Gasteiger partial charge in [-0.3, -0.25) is 0 Å². The van der Waals surface area contributed by atoms with E-state index in [1.807, 2.05) is 12.1 Å². The first kappa shape index (κ1) is 12.4. The van der Waals surface area contributed by atoms with Crippen molar-refractivity contribution >= 4 is 38.8 Å². The highest BCUT2D eigenvalue weighted by Crippen LogP contribution is 2.33. The number of hydrogen-bond donors (Lipinski definition) is 1. The van der Waals surface area contributed by atoms with Crippen LogP contribution in [0.5, 0.6) is 0 Å². The number of nitrogens with zero attached hydrogens (tertiary/aromatic N) is 1. The highest BCUT2D eigenvalue weighted by molar-refractivity contribution is 9.10. The highest BCUT2D eigenvalue weighted by Gasteiger charge is 2.34. The minimum Gasteiger partial charge on any atom is -0.389 e. The van der Waals surface area contributed by atoms with E-state index >= 15 is 0 Å². The predicted octanol–water partition coefficient (Wildman–Crippen LogP) is 2.45. The Hall–Kier alpha value is -0.650. The molecule has 0 saturated carbocycles. The van der Waals surface area contributed by atoms with E-state index < -0.39 is 0 Å². The number of anilines is 1. The number of rotatable bonds is 2. The van der Waals surface area contributed by atoms with Gasteiger partial charge in [0.25, 0.3) is 0 Å². The van der Waals surface area contributed by atoms with Crippen LogP contribution < -0.4 is 10.6 Å². The minimum absolute atomic E-state index is 0.394. The van der Waals surface area contributed by atoms with Crippen molar-refractivity contribution < 1.29 is 4.74 Å². The number of benzene rings is 1. The van der Waals surface area contributed by atoms with Crippen molar-refractivity contribution in [1.29, 1.82) is 0 Å². The second-order valence-electron chi connectivity index (χ2n) is 4.89. The summed E-state index contributed by atoms with van der Waals surface area (Å²) in [6.07, 6.45) is 3.16. The van der Waals surface area contributed by atoms with Gasteiger partial charge in [0.2, 0.25) is 0 Å². The summed E-state index contributed by atoms with van der Waals surface area (Å²) in [5.74, 6) is 0. The molecule has 96 valence electrons. The Morgan fingerprint density at radius 2 is 2.00 bits per heavy atom. The molecule has 2 atom stereocenters. The second kappa shape index (κ2) is 4.79. The molecule has 0 spiro atoms. The molecule has 0 amide bonds. The Bertz CT molecular complexity index is 482. The quantitative estimate of drug-likeness (QED) is 0.847. The molecular formula is C13H15BrN2OS. The van der Waals surface area contributed by atoms with E-state index in [2.05, 4.69) is 26.9 Å². The summed E-state index contributed by atoms with van der Waals surface area (Å²) < 4.78 is 6.90. The molecule has 0 aliphatic carbocycles. The smallest absolute Gasteiger partial charge is 0.104 e. The molecule has 2 aliphatic heterocycles. The fourth-order valence-electron chi connectivity index (χ4n) is 2.73. The molecule has 2 unspecified atom stereocenters. The zero-order valence-electron chi connectivity index (χ0n) is 9.93. The Kier molecular flexibility index (Phi) is 3.30. The van der Waals surface area contributed by atoms with E-state index in [1.54, 1.807) is 0 Å². The van der Waals surface area contributed by atoms with Crippen molar-refractivity contribution in [3.63, 3.8) is 0 Å². The third kappa shape index (κ3) is 2.27. The topological polar surface area (TPSA) is 38.5 Å². The number of morpholine rings is 1. The second-order valence-corrected chi connectivity index (χ2v) is 6.19. The van der Waals surface area contributed by atoms with Crippen molar-refractivity contribution in [2.75, 3.05) is 18.0 Å². The Morgan fingerprint density at radius 3 is 2.56 bits per heavy atom. The highest BCUT2D eigenvalue weighted by atomic mass is 79.9. The summed E-state index contributed by atoms with van der Waals surface area (Å²) >= 11 is 8.61. The summed E-state index contributed by atoms with van der Waals surface area (Å²) in [5.41, 5.74) is 7.75. The summed E-state index contributed by atoms with van der Waals surface area (Å²) in [5, 5.41) is 0. The van der Waals surface area contributed by atoms with Crippen LogP contribution >= 0.6 is 28.1 Å². The third-order valence-corrected chi connectivity index (χ3v) is 4.49. The Labute approximate surface area is 120 Å². The lowest BCUT2D eigenvalue weighted by atomic mass is 10.1. The van der Waals surface area contributed by atoms with E-state index in [0.29, 0.717) is 17.2 Å². The fourth-order valence-corrected chi connectivity index (χ4v) is 3.48. The number of fused-ring (bicyclic) bond motifs is 2. The van der Waals surface area contributed by atoms with Crippen LogP contribution in [0.15, 0.2) is 22.7 Å². The van der Waals surface area contributed by atoms with Gasteiger partial charge in [-0.1, -0.05) is 12.2 Å². The maximum Gasteiger partial charge on any atom is 0.104 e. The minimum atomic E-state index is 0.394. The van der Waals surface area contributed by atoms with Crippen LogP contribution in [0.25, 0.3) is 0 Å². The van der Waals surface area contributed by atoms with Crippen molar-refractivity contribution in [2.45, 2.75) is 25.0 Å². The Balaban J connectivity index is 1.86. The van der Waals surface area contributed by atoms with E-state index in [4.69, 9.17) is 22.7 Å². The fraction of sp³-hybridized carbons (Fsp3) is 0.462. The van der Waals surface area contributed by atoms with Crippen molar-refractivity contribution in [3.8, 4) is 0 Å². The van der Waals surface area contributed by atoms with Gasteiger partial charge in [0.05, 0.1) is 17.9 Å². The van der Waals surface area contributed by atoms with Gasteiger partial charge in [0, 0.05) is 23.1 Å². The zero-order valence-corrected chi connectivity index (χ0v) is 12.3. The molecule has 0 aromatic heterocycles. The van der Waals surface area contributed by atoms with Gasteiger partial charge in [-0.25, -0.2) is 0 Å². The average molecular weight is 327 g/mol. The van der Waals surface area contributed by atoms with Crippen LogP contribution in [0.3, 0.4) is 0 Å². The van der Waals surface area contributed by atoms with Gasteiger partial charge in [-0.15, -0.1) is 0 Å². The van der Waals surface area contributed by atoms with E-state index in [0.717, 1.165) is 23.1 Å². The number of halogens is 1. The average Bonchev–Trinajstić information content (AvgIpc) is 2.68. The summed E-state index contributed by atoms with van der Waals surface area (Å²) in [6.45, 7) is 1.95. The van der Waals surface area contributed by atoms with Gasteiger partial charge >= 0.3 is 0 Å². The summed E-state index contributed by atoms with van der Waals surface area (Å²) in [6, 6.07) is 6.07. The molecule has 5 heteroatoms. The molecule has 2 fully saturated rings. The van der Waals surface area contributed by atoms with Crippen LogP contribution in [0.4, 0.5) is 5.69 Å². The van der Waals surface area contributed by atoms with E-state index in [1.165, 1.54) is 18.5 Å². The SMILES string of the molecule is NC(=S)c1ccc(N2CC3CCC(C2)O3)c(Br)c1. The van der Waals surface area contributed by atoms with Crippen LogP contribution in [0.1, 0.15) is 18.4 Å². The monoisotopic (exact) mass is 326 g/mol. The standard InChI is InChI=1S/C13H15BrN2OS/c14-11-5-8(13(15)18)1-4-12(11)16-6-9-2-3-10(7-16)17-9/h1,4-5,9-10H,2-3,6-7H2,(H2,15,18). The first-order chi connectivity index (χ1) is 8.63. The number of thiocarbonyl (C=S) groups is 1. The molecule has 3 nitrogen and oxygen atoms in total. The predicted molar refractivity (Wildman–Crippen MR) is 80.1 cm³/mol. The van der Waals surface area contributed by atoms with E-state index in [9.17, 15) is 0 Å². The van der Waals surface area contributed by atoms with Gasteiger partial charge in [-0.05, 0) is 47.0 Å². The van der Waals surface area contributed by atoms with Crippen LogP contribution in [0.2, 0.25) is 0 Å². The van der Waals surface area contributed by atoms with Crippen molar-refractivity contribution in [1.82, 2.24) is 0 Å². The van der Waals surface area contributed by atoms with Gasteiger partial charge in [-0.2, -0.15) is 0 Å². The lowest BCUT2D eigenvalue weighted by Gasteiger charge is -2.34. The summed E-state index contributed by atoms with van der Waals surface area (Å²) in [4.78, 5) is 2.82. The lowest BCUT2D eigenvalue weighted by molar-refractivity contribution is 0.0304. The van der Waals surface area contributed by atoms with E-state index in [-0.39, 0.29) is 0 Å². The van der Waals surface area contributed by atoms with Gasteiger partial charge in [0.1, 0.15) is 4.99 Å². The molecule has 2 N–H and O–H groups in total. The number of hydrogen-bond acceptors (Lipinski definition) is 3. The van der Waals surface area contributed by atoms with Gasteiger partial charge < -0.3 is 15.4 Å². The molecule has 2 heterocycles. The van der Waals surface area contributed by atoms with Crippen LogP contribution in [0, 0.1) is 0 Å². The lowest BCUT2D eigenvalue weighted by Crippen LogP contribution is -2.42. The maximum atomic E-state index is 5.85. The molecule has 1 aromatic rings. The third-order valence-electron chi connectivity index (χ3n) is 3.62. The van der Waals surface area contributed by atoms with Gasteiger partial charge in [0.15, 0.2) is 0 Å². The normalized spacial score (nSPS) is 26.4. The number of nitrogens with two attached hydrogens (primary N) is 1. The van der Waals surface area contributed by atoms with Crippen LogP contribution in [-0.2, 0) is 4.74 Å². The molecule has 3 rings (SSSR count). The molecular weight excluding hydrogens is 312 g/mol. The molecule has 2 bridgehead atoms. The van der Waals surface area contributed by atoms with Crippen molar-refractivity contribution in [2.24, 2.45) is 5.73 Å². The number of ether oxygens (including phenoxy) is 1. The van der Waals surface area contributed by atoms with Crippen LogP contribution in [-0.4, -0.2) is 30.3 Å².